The fraction of sp³-hybridized carbons (Fsp3) is 0.522. The molecule has 160 valence electrons. The smallest absolute Gasteiger partial charge is 0.261 e. The lowest BCUT2D eigenvalue weighted by atomic mass is 9.79. The van der Waals surface area contributed by atoms with Crippen molar-refractivity contribution in [3.63, 3.8) is 0 Å². The highest BCUT2D eigenvalue weighted by Crippen LogP contribution is 2.34. The average Bonchev–Trinajstić information content (AvgIpc) is 3.26. The Kier molecular flexibility index (Phi) is 5.67. The molecule has 4 fully saturated rings. The molecule has 6 rings (SSSR count). The molecule has 2 unspecified atom stereocenters. The number of ether oxygens (including phenoxy) is 2. The van der Waals surface area contributed by atoms with Gasteiger partial charge in [-0.25, -0.2) is 0 Å². The molecule has 4 saturated heterocycles. The Balaban J connectivity index is 1.23. The number of nitrogens with zero attached hydrogens (tertiary/aromatic N) is 2. The van der Waals surface area contributed by atoms with E-state index in [0.717, 1.165) is 42.8 Å². The molecule has 0 spiro atoms. The Hall–Kier alpha value is -2.09. The quantitative estimate of drug-likeness (QED) is 0.790. The second-order valence-corrected chi connectivity index (χ2v) is 9.48. The molecule has 1 N–H and O–H groups in total. The number of rotatable bonds is 5. The molecule has 0 radical (unpaired) electrons. The molecule has 2 aromatic rings. The Morgan fingerprint density at radius 2 is 1.93 bits per heavy atom. The van der Waals surface area contributed by atoms with Gasteiger partial charge in [0.05, 0.1) is 18.1 Å². The van der Waals surface area contributed by atoms with Crippen LogP contribution in [0.15, 0.2) is 36.4 Å². The van der Waals surface area contributed by atoms with Crippen LogP contribution in [0.1, 0.15) is 29.4 Å². The van der Waals surface area contributed by atoms with Crippen molar-refractivity contribution in [3.05, 3.63) is 41.3 Å². The number of hydrogen-bond donors (Lipinski definition) is 1. The first-order valence-corrected chi connectivity index (χ1v) is 11.7. The summed E-state index contributed by atoms with van der Waals surface area (Å²) in [4.78, 5) is 18.4. The normalized spacial score (nSPS) is 28.4. The second kappa shape index (κ2) is 8.57. The minimum absolute atomic E-state index is 0.0162. The number of piperidine rings is 3. The van der Waals surface area contributed by atoms with Crippen LogP contribution in [-0.4, -0.2) is 62.3 Å². The summed E-state index contributed by atoms with van der Waals surface area (Å²) in [5.41, 5.74) is 1.14. The van der Waals surface area contributed by atoms with Gasteiger partial charge in [-0.15, -0.1) is 0 Å². The molecular formula is C23H29N3O3S. The molecule has 7 heteroatoms. The molecule has 6 nitrogen and oxygen atoms in total. The zero-order valence-corrected chi connectivity index (χ0v) is 18.2. The van der Waals surface area contributed by atoms with Gasteiger partial charge in [-0.1, -0.05) is 17.4 Å². The first-order chi connectivity index (χ1) is 14.7. The molecule has 4 aliphatic heterocycles. The Morgan fingerprint density at radius 3 is 2.70 bits per heavy atom. The summed E-state index contributed by atoms with van der Waals surface area (Å²) in [6.07, 6.45) is 2.38. The molecule has 2 atom stereocenters. The van der Waals surface area contributed by atoms with E-state index in [2.05, 4.69) is 34.2 Å². The van der Waals surface area contributed by atoms with E-state index in [-0.39, 0.29) is 11.9 Å². The maximum atomic E-state index is 12.9. The van der Waals surface area contributed by atoms with Crippen molar-refractivity contribution in [1.82, 2.24) is 10.2 Å². The molecule has 0 saturated carbocycles. The van der Waals surface area contributed by atoms with Gasteiger partial charge in [-0.3, -0.25) is 9.69 Å². The summed E-state index contributed by atoms with van der Waals surface area (Å²) in [6, 6.07) is 12.5. The third kappa shape index (κ3) is 4.06. The summed E-state index contributed by atoms with van der Waals surface area (Å²) in [7, 11) is 0. The van der Waals surface area contributed by atoms with Crippen molar-refractivity contribution in [2.75, 3.05) is 44.3 Å². The monoisotopic (exact) mass is 427 g/mol. The summed E-state index contributed by atoms with van der Waals surface area (Å²) in [5, 5.41) is 4.04. The lowest BCUT2D eigenvalue weighted by molar-refractivity contribution is 0.0218. The number of carbonyl (C=O) groups is 1. The molecule has 30 heavy (non-hydrogen) atoms. The Bertz CT molecular complexity index is 885. The van der Waals surface area contributed by atoms with Crippen LogP contribution in [0, 0.1) is 5.92 Å². The molecular weight excluding hydrogens is 398 g/mol. The fourth-order valence-corrected chi connectivity index (χ4v) is 5.72. The van der Waals surface area contributed by atoms with Gasteiger partial charge >= 0.3 is 0 Å². The minimum Gasteiger partial charge on any atom is -0.447 e. The number of amides is 1. The predicted octanol–water partition coefficient (Wildman–Crippen LogP) is 3.59. The zero-order chi connectivity index (χ0) is 20.5. The van der Waals surface area contributed by atoms with E-state index in [1.807, 2.05) is 24.3 Å². The van der Waals surface area contributed by atoms with E-state index in [4.69, 9.17) is 9.47 Å². The van der Waals surface area contributed by atoms with Crippen LogP contribution in [0.3, 0.4) is 0 Å². The van der Waals surface area contributed by atoms with E-state index in [1.54, 1.807) is 0 Å². The van der Waals surface area contributed by atoms with Gasteiger partial charge in [0.15, 0.2) is 5.06 Å². The summed E-state index contributed by atoms with van der Waals surface area (Å²) < 4.78 is 11.5. The van der Waals surface area contributed by atoms with Crippen LogP contribution in [-0.2, 0) is 4.74 Å². The van der Waals surface area contributed by atoms with Crippen molar-refractivity contribution in [1.29, 1.82) is 0 Å². The van der Waals surface area contributed by atoms with Crippen molar-refractivity contribution in [3.8, 4) is 10.8 Å². The number of fused-ring (bicyclic) bond motifs is 3. The topological polar surface area (TPSA) is 54.0 Å². The number of hydrogen-bond acceptors (Lipinski definition) is 6. The van der Waals surface area contributed by atoms with Gasteiger partial charge in [0.2, 0.25) is 0 Å². The largest absolute Gasteiger partial charge is 0.447 e. The molecule has 1 aromatic carbocycles. The van der Waals surface area contributed by atoms with Crippen molar-refractivity contribution >= 4 is 22.9 Å². The number of carbonyl (C=O) groups excluding carboxylic acids is 1. The predicted molar refractivity (Wildman–Crippen MR) is 119 cm³/mol. The number of nitrogens with one attached hydrogen (secondary N) is 1. The summed E-state index contributed by atoms with van der Waals surface area (Å²) in [6.45, 7) is 7.87. The minimum atomic E-state index is 0.0162. The Labute approximate surface area is 181 Å². The van der Waals surface area contributed by atoms with E-state index in [1.165, 1.54) is 37.3 Å². The van der Waals surface area contributed by atoms with Gasteiger partial charge < -0.3 is 19.7 Å². The van der Waals surface area contributed by atoms with Gasteiger partial charge in [0.1, 0.15) is 5.75 Å². The van der Waals surface area contributed by atoms with Crippen molar-refractivity contribution in [2.24, 2.45) is 5.92 Å². The highest BCUT2D eigenvalue weighted by atomic mass is 32.1. The number of benzene rings is 1. The molecule has 1 aromatic heterocycles. The van der Waals surface area contributed by atoms with Crippen LogP contribution in [0.25, 0.3) is 0 Å². The van der Waals surface area contributed by atoms with Gasteiger partial charge in [0.25, 0.3) is 5.91 Å². The van der Waals surface area contributed by atoms with E-state index < -0.39 is 0 Å². The summed E-state index contributed by atoms with van der Waals surface area (Å²) >= 11 is 1.41. The highest BCUT2D eigenvalue weighted by Gasteiger charge is 2.40. The van der Waals surface area contributed by atoms with E-state index in [9.17, 15) is 4.79 Å². The van der Waals surface area contributed by atoms with Crippen molar-refractivity contribution in [2.45, 2.75) is 31.8 Å². The van der Waals surface area contributed by atoms with Gasteiger partial charge in [-0.2, -0.15) is 0 Å². The van der Waals surface area contributed by atoms with Crippen LogP contribution < -0.4 is 15.0 Å². The first-order valence-electron chi connectivity index (χ1n) is 10.9. The lowest BCUT2D eigenvalue weighted by Crippen LogP contribution is -2.62. The van der Waals surface area contributed by atoms with Crippen LogP contribution in [0.5, 0.6) is 10.8 Å². The average molecular weight is 428 g/mol. The molecule has 5 heterocycles. The van der Waals surface area contributed by atoms with Crippen molar-refractivity contribution < 1.29 is 14.3 Å². The van der Waals surface area contributed by atoms with E-state index >= 15 is 0 Å². The second-order valence-electron chi connectivity index (χ2n) is 8.43. The molecule has 0 aliphatic carbocycles. The first kappa shape index (κ1) is 19.8. The Morgan fingerprint density at radius 1 is 1.13 bits per heavy atom. The number of morpholine rings is 1. The number of thiophene rings is 1. The molecule has 1 amide bonds. The molecule has 2 bridgehead atoms. The highest BCUT2D eigenvalue weighted by molar-refractivity contribution is 7.15. The van der Waals surface area contributed by atoms with Crippen LogP contribution in [0.4, 0.5) is 5.69 Å². The van der Waals surface area contributed by atoms with Gasteiger partial charge in [0, 0.05) is 36.9 Å². The lowest BCUT2D eigenvalue weighted by Gasteiger charge is -2.49. The molecule has 4 aliphatic rings. The summed E-state index contributed by atoms with van der Waals surface area (Å²) in [5.74, 6) is 1.41. The third-order valence-corrected chi connectivity index (χ3v) is 7.65. The maximum Gasteiger partial charge on any atom is 0.261 e. The standard InChI is InChI=1S/C23H29N3O3S/c1-16-22(17-7-9-25(16)10-8-17)24-23(27)20-5-6-21(30-20)29-19-4-2-3-18(15-19)26-11-13-28-14-12-26/h2-6,15-17,22H,7-14H2,1H3,(H,24,27). The maximum absolute atomic E-state index is 12.9. The van der Waals surface area contributed by atoms with E-state index in [0.29, 0.717) is 16.8 Å². The zero-order valence-electron chi connectivity index (χ0n) is 17.4. The van der Waals surface area contributed by atoms with Crippen LogP contribution >= 0.6 is 11.3 Å². The third-order valence-electron chi connectivity index (χ3n) is 6.69. The van der Waals surface area contributed by atoms with Gasteiger partial charge in [-0.05, 0) is 63.0 Å². The SMILES string of the molecule is CC1C(NC(=O)c2ccc(Oc3cccc(N4CCOCC4)c3)s2)C2CCN1CC2. The van der Waals surface area contributed by atoms with Crippen LogP contribution in [0.2, 0.25) is 0 Å². The fourth-order valence-electron chi connectivity index (χ4n) is 4.95. The number of anilines is 1.